The van der Waals surface area contributed by atoms with Gasteiger partial charge in [0.1, 0.15) is 25.7 Å². The van der Waals surface area contributed by atoms with Crippen LogP contribution >= 0.6 is 0 Å². The second-order valence-electron chi connectivity index (χ2n) is 15.0. The molecule has 6 atom stereocenters. The van der Waals surface area contributed by atoms with Gasteiger partial charge in [-0.25, -0.2) is 0 Å². The molecule has 8 nitrogen and oxygen atoms in total. The fourth-order valence-corrected chi connectivity index (χ4v) is 6.64. The standard InChI is InChI=1S/C34H59N3O5Si2/c1-25(14-13-19-43(8,9)10)21-32(42-44(11,12)34(4,5)6)33(41-24-28-15-17-29(40-7)18-16-28)31(39)22-30(38)27(3)20-26(2)23-36-37-35/h15-18,25-27,31-33,39H,14,20-24H2,1-12H3/t25-,26-,27+,31-,32-,33+/m1/s1. The fraction of sp³-hybridized carbons (Fsp3) is 0.735. The van der Waals surface area contributed by atoms with Crippen molar-refractivity contribution in [3.05, 3.63) is 40.3 Å². The number of aliphatic hydroxyl groups excluding tert-OH is 1. The van der Waals surface area contributed by atoms with Crippen molar-refractivity contribution < 1.29 is 23.8 Å². The van der Waals surface area contributed by atoms with Crippen molar-refractivity contribution in [1.82, 2.24) is 0 Å². The molecule has 1 rings (SSSR count). The van der Waals surface area contributed by atoms with Gasteiger partial charge in [-0.1, -0.05) is 78.4 Å². The lowest BCUT2D eigenvalue weighted by molar-refractivity contribution is -0.134. The highest BCUT2D eigenvalue weighted by molar-refractivity contribution is 6.83. The van der Waals surface area contributed by atoms with Crippen molar-refractivity contribution in [2.45, 2.75) is 130 Å². The molecule has 1 N–H and O–H groups in total. The Kier molecular flexibility index (Phi) is 16.4. The molecule has 0 amide bonds. The number of benzene rings is 1. The molecule has 0 aromatic heterocycles. The number of hydrogen-bond acceptors (Lipinski definition) is 6. The summed E-state index contributed by atoms with van der Waals surface area (Å²) in [5.74, 6) is 4.12. The van der Waals surface area contributed by atoms with Gasteiger partial charge in [0.2, 0.25) is 0 Å². The molecule has 10 heteroatoms. The van der Waals surface area contributed by atoms with Gasteiger partial charge in [-0.05, 0) is 66.0 Å². The van der Waals surface area contributed by atoms with E-state index in [1.165, 1.54) is 0 Å². The summed E-state index contributed by atoms with van der Waals surface area (Å²) in [5.41, 5.74) is 13.1. The van der Waals surface area contributed by atoms with E-state index in [2.05, 4.69) is 81.9 Å². The molecule has 0 unspecified atom stereocenters. The average molecular weight is 646 g/mol. The molecule has 0 aliphatic rings. The van der Waals surface area contributed by atoms with E-state index in [9.17, 15) is 9.90 Å². The first-order valence-electron chi connectivity index (χ1n) is 15.9. The van der Waals surface area contributed by atoms with Crippen molar-refractivity contribution in [2.24, 2.45) is 22.9 Å². The monoisotopic (exact) mass is 645 g/mol. The molecule has 0 radical (unpaired) electrons. The highest BCUT2D eigenvalue weighted by Gasteiger charge is 2.43. The highest BCUT2D eigenvalue weighted by Crippen LogP contribution is 2.39. The number of carbonyl (C=O) groups excluding carboxylic acids is 1. The van der Waals surface area contributed by atoms with E-state index in [4.69, 9.17) is 19.4 Å². The van der Waals surface area contributed by atoms with Crippen LogP contribution in [0.1, 0.15) is 72.8 Å². The second kappa shape index (κ2) is 18.1. The van der Waals surface area contributed by atoms with Crippen LogP contribution in [0.5, 0.6) is 5.75 Å². The minimum absolute atomic E-state index is 0.0378. The number of Topliss-reactive ketones (excluding diaryl/α,β-unsaturated/α-hetero) is 1. The zero-order valence-electron chi connectivity index (χ0n) is 29.4. The summed E-state index contributed by atoms with van der Waals surface area (Å²) in [5, 5.41) is 15.3. The third-order valence-electron chi connectivity index (χ3n) is 8.32. The largest absolute Gasteiger partial charge is 0.497 e. The van der Waals surface area contributed by atoms with Crippen LogP contribution in [0.25, 0.3) is 10.4 Å². The van der Waals surface area contributed by atoms with Crippen LogP contribution in [-0.4, -0.2) is 59.2 Å². The van der Waals surface area contributed by atoms with Gasteiger partial charge in [-0.2, -0.15) is 0 Å². The first kappa shape index (κ1) is 39.9. The number of hydrogen-bond donors (Lipinski definition) is 1. The minimum Gasteiger partial charge on any atom is -0.497 e. The Morgan fingerprint density at radius 2 is 1.66 bits per heavy atom. The number of rotatable bonds is 18. The Morgan fingerprint density at radius 3 is 2.18 bits per heavy atom. The quantitative estimate of drug-likeness (QED) is 0.0565. The molecular weight excluding hydrogens is 587 g/mol. The van der Waals surface area contributed by atoms with Crippen LogP contribution in [-0.2, 0) is 20.6 Å². The lowest BCUT2D eigenvalue weighted by Crippen LogP contribution is -2.51. The lowest BCUT2D eigenvalue weighted by Gasteiger charge is -2.43. The molecule has 0 aliphatic carbocycles. The maximum absolute atomic E-state index is 13.4. The number of methoxy groups -OCH3 is 1. The van der Waals surface area contributed by atoms with Crippen molar-refractivity contribution >= 4 is 22.2 Å². The Hall–Kier alpha value is -2.13. The van der Waals surface area contributed by atoms with Gasteiger partial charge in [0, 0.05) is 30.2 Å². The predicted octanol–water partition coefficient (Wildman–Crippen LogP) is 8.56. The number of carbonyl (C=O) groups is 1. The summed E-state index contributed by atoms with van der Waals surface area (Å²) in [6.07, 6.45) is -0.241. The normalized spacial score (nSPS) is 16.4. The van der Waals surface area contributed by atoms with Crippen molar-refractivity contribution in [1.29, 1.82) is 0 Å². The van der Waals surface area contributed by atoms with Crippen molar-refractivity contribution in [3.63, 3.8) is 0 Å². The number of azide groups is 1. The second-order valence-corrected chi connectivity index (χ2v) is 24.5. The molecule has 44 heavy (non-hydrogen) atoms. The summed E-state index contributed by atoms with van der Waals surface area (Å²) in [6, 6.07) is 7.66. The Balaban J connectivity index is 3.37. The molecular formula is C34H59N3O5Si2. The van der Waals surface area contributed by atoms with Crippen molar-refractivity contribution in [2.75, 3.05) is 13.7 Å². The van der Waals surface area contributed by atoms with Crippen LogP contribution in [0.3, 0.4) is 0 Å². The van der Waals surface area contributed by atoms with Crippen LogP contribution in [0.4, 0.5) is 0 Å². The van der Waals surface area contributed by atoms with E-state index in [0.29, 0.717) is 19.4 Å². The number of ketones is 1. The van der Waals surface area contributed by atoms with Crippen LogP contribution in [0.15, 0.2) is 29.4 Å². The van der Waals surface area contributed by atoms with Gasteiger partial charge in [0.25, 0.3) is 0 Å². The van der Waals surface area contributed by atoms with Crippen LogP contribution in [0.2, 0.25) is 37.8 Å². The first-order chi connectivity index (χ1) is 20.3. The smallest absolute Gasteiger partial charge is 0.192 e. The molecule has 0 fully saturated rings. The lowest BCUT2D eigenvalue weighted by atomic mass is 9.88. The third kappa shape index (κ3) is 14.8. The topological polar surface area (TPSA) is 114 Å². The van der Waals surface area contributed by atoms with Gasteiger partial charge in [-0.3, -0.25) is 4.79 Å². The summed E-state index contributed by atoms with van der Waals surface area (Å²) in [6.45, 7) is 24.3. The van der Waals surface area contributed by atoms with Crippen LogP contribution < -0.4 is 4.74 Å². The first-order valence-corrected chi connectivity index (χ1v) is 22.3. The molecule has 248 valence electrons. The zero-order valence-corrected chi connectivity index (χ0v) is 31.4. The summed E-state index contributed by atoms with van der Waals surface area (Å²) >= 11 is 0. The molecule has 0 saturated heterocycles. The summed E-state index contributed by atoms with van der Waals surface area (Å²) in [7, 11) is -2.15. The summed E-state index contributed by atoms with van der Waals surface area (Å²) < 4.78 is 18.8. The van der Waals surface area contributed by atoms with E-state index in [0.717, 1.165) is 17.7 Å². The van der Waals surface area contributed by atoms with Gasteiger partial charge < -0.3 is 19.0 Å². The Labute approximate surface area is 269 Å². The number of aliphatic hydroxyl groups is 1. The molecule has 1 aromatic carbocycles. The van der Waals surface area contributed by atoms with E-state index in [1.54, 1.807) is 7.11 Å². The minimum atomic E-state index is -2.28. The zero-order chi connectivity index (χ0) is 33.7. The third-order valence-corrected chi connectivity index (χ3v) is 13.8. The number of nitrogens with zero attached hydrogens (tertiary/aromatic N) is 3. The Morgan fingerprint density at radius 1 is 1.05 bits per heavy atom. The fourth-order valence-electron chi connectivity index (χ4n) is 4.66. The SMILES string of the molecule is COc1ccc(CO[C@@H]([C@H](O)CC(=O)[C@@H](C)C[C@@H](C)CN=[N+]=[N-])[C@@H](C[C@H](C)CC#C[Si](C)(C)C)O[Si](C)(C)C(C)(C)C)cc1. The maximum atomic E-state index is 13.4. The van der Waals surface area contributed by atoms with Gasteiger partial charge >= 0.3 is 0 Å². The molecule has 1 aromatic rings. The van der Waals surface area contributed by atoms with Crippen molar-refractivity contribution in [3.8, 4) is 17.2 Å². The van der Waals surface area contributed by atoms with Gasteiger partial charge in [0.15, 0.2) is 8.32 Å². The highest BCUT2D eigenvalue weighted by atomic mass is 28.4. The summed E-state index contributed by atoms with van der Waals surface area (Å²) in [4.78, 5) is 16.2. The molecule has 0 bridgehead atoms. The molecule has 0 spiro atoms. The predicted molar refractivity (Wildman–Crippen MR) is 186 cm³/mol. The van der Waals surface area contributed by atoms with E-state index in [-0.39, 0.29) is 41.6 Å². The average Bonchev–Trinajstić information content (AvgIpc) is 2.90. The van der Waals surface area contributed by atoms with E-state index in [1.807, 2.05) is 38.1 Å². The van der Waals surface area contributed by atoms with Gasteiger partial charge in [-0.15, -0.1) is 11.5 Å². The maximum Gasteiger partial charge on any atom is 0.192 e. The molecule has 0 heterocycles. The van der Waals surface area contributed by atoms with E-state index < -0.39 is 34.7 Å². The van der Waals surface area contributed by atoms with Crippen LogP contribution in [0, 0.1) is 29.2 Å². The number of ether oxygens (including phenoxy) is 2. The molecule has 0 saturated carbocycles. The molecule has 0 aliphatic heterocycles. The van der Waals surface area contributed by atoms with Gasteiger partial charge in [0.05, 0.1) is 25.9 Å². The Bertz CT molecular complexity index is 1130. The van der Waals surface area contributed by atoms with E-state index >= 15 is 0 Å².